The Bertz CT molecular complexity index is 1230. The van der Waals surface area contributed by atoms with E-state index in [1.54, 1.807) is 60.7 Å². The Balaban J connectivity index is 0.000000230. The molecule has 0 bridgehead atoms. The molecule has 2 heterocycles. The molecule has 0 aliphatic heterocycles. The average Bonchev–Trinajstić information content (AvgIpc) is 3.69. The number of hydrogen-bond acceptors (Lipinski definition) is 5. The topological polar surface area (TPSA) is 61.8 Å². The van der Waals surface area contributed by atoms with Crippen molar-refractivity contribution in [1.29, 1.82) is 0 Å². The Kier molecular flexibility index (Phi) is 11.0. The minimum absolute atomic E-state index is 0.172. The predicted octanol–water partition coefficient (Wildman–Crippen LogP) is 8.67. The van der Waals surface area contributed by atoms with Gasteiger partial charge >= 0.3 is 12.4 Å². The molecule has 0 saturated heterocycles. The Hall–Kier alpha value is -4.09. The molecule has 4 rings (SSSR count). The number of furan rings is 2. The molecule has 5 nitrogen and oxygen atoms in total. The van der Waals surface area contributed by atoms with Crippen molar-refractivity contribution in [2.45, 2.75) is 49.6 Å². The lowest BCUT2D eigenvalue weighted by molar-refractivity contribution is -0.294. The van der Waals surface area contributed by atoms with Crippen molar-refractivity contribution < 1.29 is 49.4 Å². The summed E-state index contributed by atoms with van der Waals surface area (Å²) in [6, 6.07) is 22.3. The lowest BCUT2D eigenvalue weighted by atomic mass is 9.95. The van der Waals surface area contributed by atoms with Gasteiger partial charge in [0.15, 0.2) is 0 Å². The molecule has 0 aliphatic carbocycles. The Morgan fingerprint density at radius 2 is 1.02 bits per heavy atom. The van der Waals surface area contributed by atoms with Gasteiger partial charge in [0.05, 0.1) is 25.7 Å². The number of halogens is 6. The molecule has 0 N–H and O–H groups in total. The average molecular weight is 595 g/mol. The molecule has 2 unspecified atom stereocenters. The number of hydrogen-bond donors (Lipinski definition) is 0. The van der Waals surface area contributed by atoms with Crippen LogP contribution in [0.5, 0.6) is 0 Å². The monoisotopic (exact) mass is 594 g/mol. The normalized spacial score (nSPS) is 14.6. The highest BCUT2D eigenvalue weighted by Gasteiger charge is 2.60. The third-order valence-corrected chi connectivity index (χ3v) is 6.21. The number of rotatable bonds is 12. The van der Waals surface area contributed by atoms with Crippen molar-refractivity contribution in [3.05, 3.63) is 133 Å². The van der Waals surface area contributed by atoms with E-state index in [1.807, 2.05) is 0 Å². The van der Waals surface area contributed by atoms with Crippen LogP contribution < -0.4 is 0 Å². The van der Waals surface area contributed by atoms with Crippen molar-refractivity contribution in [2.75, 3.05) is 0 Å². The third kappa shape index (κ3) is 7.59. The molecule has 0 spiro atoms. The minimum Gasteiger partial charge on any atom is -0.466 e. The van der Waals surface area contributed by atoms with Gasteiger partial charge in [-0.15, -0.1) is 6.58 Å². The first-order valence-electron chi connectivity index (χ1n) is 12.6. The zero-order chi connectivity index (χ0) is 30.7. The second-order valence-corrected chi connectivity index (χ2v) is 9.02. The van der Waals surface area contributed by atoms with Crippen LogP contribution >= 0.6 is 0 Å². The molecule has 0 saturated carbocycles. The van der Waals surface area contributed by atoms with Gasteiger partial charge in [0.2, 0.25) is 11.2 Å². The first-order valence-corrected chi connectivity index (χ1v) is 12.6. The highest BCUT2D eigenvalue weighted by molar-refractivity contribution is 5.52. The fourth-order valence-corrected chi connectivity index (χ4v) is 4.03. The van der Waals surface area contributed by atoms with Crippen LogP contribution in [0.2, 0.25) is 0 Å². The lowest BCUT2D eigenvalue weighted by Crippen LogP contribution is -2.45. The van der Waals surface area contributed by atoms with Crippen LogP contribution in [0.25, 0.3) is 0 Å². The van der Waals surface area contributed by atoms with Crippen LogP contribution in [0, 0.1) is 0 Å². The van der Waals surface area contributed by atoms with Gasteiger partial charge in [0.25, 0.3) is 0 Å². The molecule has 2 aromatic carbocycles. The van der Waals surface area contributed by atoms with E-state index in [2.05, 4.69) is 6.58 Å². The molecule has 2 aromatic heterocycles. The fraction of sp³-hybridized carbons (Fsp3) is 0.258. The lowest BCUT2D eigenvalue weighted by Gasteiger charge is -2.33. The number of benzene rings is 2. The van der Waals surface area contributed by atoms with Crippen LogP contribution in [0.3, 0.4) is 0 Å². The van der Waals surface area contributed by atoms with Crippen LogP contribution in [-0.4, -0.2) is 18.6 Å². The summed E-state index contributed by atoms with van der Waals surface area (Å²) in [6.07, 6.45) is -7.00. The first-order chi connectivity index (χ1) is 20.0. The zero-order valence-corrected chi connectivity index (χ0v) is 22.2. The number of carbonyl (C=O) groups is 1. The summed E-state index contributed by atoms with van der Waals surface area (Å²) in [5, 5.41) is 0. The number of ether oxygens (including phenoxy) is 2. The van der Waals surface area contributed by atoms with Gasteiger partial charge in [-0.25, -0.2) is 0 Å². The van der Waals surface area contributed by atoms with E-state index >= 15 is 0 Å². The Morgan fingerprint density at radius 3 is 1.33 bits per heavy atom. The molecule has 0 fully saturated rings. The number of alkyl halides is 6. The standard InChI is InChI=1S/C16H15F3O2.C15H13F3O3/c1-2-10-15(16(17,18)19,14-9-6-11-20-14)21-12-13-7-4-3-5-8-13;16-15(17,18)14(8-9-19,13-7-4-10-20-13)21-11-12-5-2-1-3-6-12/h2-9,11H,1,10,12H2;1-7,9-10H,8,11H2. The van der Waals surface area contributed by atoms with E-state index in [4.69, 9.17) is 18.3 Å². The molecule has 42 heavy (non-hydrogen) atoms. The van der Waals surface area contributed by atoms with E-state index in [0.717, 1.165) is 12.3 Å². The summed E-state index contributed by atoms with van der Waals surface area (Å²) >= 11 is 0. The summed E-state index contributed by atoms with van der Waals surface area (Å²) in [6.45, 7) is 2.95. The number of aldehydes is 1. The zero-order valence-electron chi connectivity index (χ0n) is 22.2. The molecule has 11 heteroatoms. The maximum Gasteiger partial charge on any atom is 0.425 e. The highest BCUT2D eigenvalue weighted by atomic mass is 19.4. The number of carbonyl (C=O) groups excluding carboxylic acids is 1. The molecule has 2 atom stereocenters. The van der Waals surface area contributed by atoms with E-state index in [0.29, 0.717) is 11.1 Å². The summed E-state index contributed by atoms with van der Waals surface area (Å²) in [5.41, 5.74) is -4.06. The predicted molar refractivity (Wildman–Crippen MR) is 141 cm³/mol. The molecule has 4 aromatic rings. The first kappa shape index (κ1) is 32.4. The van der Waals surface area contributed by atoms with Crippen LogP contribution in [-0.2, 0) is 38.7 Å². The van der Waals surface area contributed by atoms with Crippen molar-refractivity contribution in [3.63, 3.8) is 0 Å². The minimum atomic E-state index is -4.78. The molecular weight excluding hydrogens is 566 g/mol. The molecular formula is C31H28F6O5. The van der Waals surface area contributed by atoms with Crippen LogP contribution in [0.4, 0.5) is 26.3 Å². The maximum atomic E-state index is 13.6. The van der Waals surface area contributed by atoms with Crippen molar-refractivity contribution in [3.8, 4) is 0 Å². The van der Waals surface area contributed by atoms with Crippen molar-refractivity contribution in [1.82, 2.24) is 0 Å². The smallest absolute Gasteiger partial charge is 0.425 e. The van der Waals surface area contributed by atoms with E-state index in [1.165, 1.54) is 30.5 Å². The van der Waals surface area contributed by atoms with Crippen molar-refractivity contribution in [2.24, 2.45) is 0 Å². The van der Waals surface area contributed by atoms with Gasteiger partial charge in [0.1, 0.15) is 17.8 Å². The SMILES string of the molecule is C=CCC(OCc1ccccc1)(c1ccco1)C(F)(F)F.O=CCC(OCc1ccccc1)(c1ccco1)C(F)(F)F. The van der Waals surface area contributed by atoms with Gasteiger partial charge in [0, 0.05) is 12.8 Å². The Morgan fingerprint density at radius 1 is 0.619 bits per heavy atom. The van der Waals surface area contributed by atoms with Crippen molar-refractivity contribution >= 4 is 6.29 Å². The largest absolute Gasteiger partial charge is 0.466 e. The van der Waals surface area contributed by atoms with Gasteiger partial charge in [-0.1, -0.05) is 66.7 Å². The summed E-state index contributed by atoms with van der Waals surface area (Å²) in [7, 11) is 0. The quantitative estimate of drug-likeness (QED) is 0.0933. The summed E-state index contributed by atoms with van der Waals surface area (Å²) in [5.74, 6) is -0.705. The van der Waals surface area contributed by atoms with Gasteiger partial charge in [-0.3, -0.25) is 0 Å². The molecule has 0 amide bonds. The molecule has 224 valence electrons. The summed E-state index contributed by atoms with van der Waals surface area (Å²) < 4.78 is 101. The highest BCUT2D eigenvalue weighted by Crippen LogP contribution is 2.46. The third-order valence-electron chi connectivity index (χ3n) is 6.21. The van der Waals surface area contributed by atoms with Crippen LogP contribution in [0.1, 0.15) is 35.5 Å². The van der Waals surface area contributed by atoms with E-state index in [-0.39, 0.29) is 25.3 Å². The summed E-state index contributed by atoms with van der Waals surface area (Å²) in [4.78, 5) is 10.8. The molecule has 0 aliphatic rings. The second kappa shape index (κ2) is 14.2. The second-order valence-electron chi connectivity index (χ2n) is 9.02. The van der Waals surface area contributed by atoms with E-state index < -0.39 is 42.2 Å². The molecule has 0 radical (unpaired) electrons. The van der Waals surface area contributed by atoms with Gasteiger partial charge in [-0.2, -0.15) is 26.3 Å². The Labute approximate surface area is 238 Å². The fourth-order valence-electron chi connectivity index (χ4n) is 4.03. The van der Waals surface area contributed by atoms with Gasteiger partial charge < -0.3 is 23.1 Å². The van der Waals surface area contributed by atoms with Gasteiger partial charge in [-0.05, 0) is 35.4 Å². The maximum absolute atomic E-state index is 13.6. The van der Waals surface area contributed by atoms with Crippen LogP contribution in [0.15, 0.2) is 119 Å². The van der Waals surface area contributed by atoms with E-state index in [9.17, 15) is 31.1 Å².